The molecule has 3 aromatic heterocycles. The molecule has 1 spiro atoms. The molecule has 2 aliphatic heterocycles. The van der Waals surface area contributed by atoms with E-state index >= 15 is 0 Å². The Morgan fingerprint density at radius 1 is 1.27 bits per heavy atom. The van der Waals surface area contributed by atoms with Gasteiger partial charge in [0.15, 0.2) is 6.10 Å². The minimum atomic E-state index is -0.521. The lowest BCUT2D eigenvalue weighted by Crippen LogP contribution is -2.53. The number of rotatable bonds is 5. The fourth-order valence-electron chi connectivity index (χ4n) is 4.38. The van der Waals surface area contributed by atoms with E-state index in [-0.39, 0.29) is 5.91 Å². The van der Waals surface area contributed by atoms with Gasteiger partial charge in [0.25, 0.3) is 5.91 Å². The van der Waals surface area contributed by atoms with Crippen molar-refractivity contribution in [2.45, 2.75) is 44.2 Å². The number of thiophene rings is 1. The molecule has 0 aliphatic carbocycles. The van der Waals surface area contributed by atoms with Crippen LogP contribution in [0.4, 0.5) is 0 Å². The van der Waals surface area contributed by atoms with E-state index in [4.69, 9.17) is 4.74 Å². The predicted molar refractivity (Wildman–Crippen MR) is 114 cm³/mol. The number of fused-ring (bicyclic) bond motifs is 2. The molecule has 0 bridgehead atoms. The molecule has 0 radical (unpaired) electrons. The van der Waals surface area contributed by atoms with E-state index < -0.39 is 11.7 Å². The zero-order valence-electron chi connectivity index (χ0n) is 16.7. The monoisotopic (exact) mass is 423 g/mol. The van der Waals surface area contributed by atoms with Gasteiger partial charge in [0.1, 0.15) is 11.4 Å². The second-order valence-corrected chi connectivity index (χ2v) is 8.97. The van der Waals surface area contributed by atoms with Crippen molar-refractivity contribution in [1.82, 2.24) is 24.8 Å². The number of hydrogen-bond donors (Lipinski definition) is 1. The summed E-state index contributed by atoms with van der Waals surface area (Å²) in [6.07, 6.45) is 8.41. The van der Waals surface area contributed by atoms with Gasteiger partial charge in [0.2, 0.25) is 0 Å². The quantitative estimate of drug-likeness (QED) is 0.683. The Labute approximate surface area is 179 Å². The van der Waals surface area contributed by atoms with Gasteiger partial charge in [-0.2, -0.15) is 0 Å². The lowest BCUT2D eigenvalue weighted by Gasteiger charge is -2.45. The first kappa shape index (κ1) is 19.4. The number of ether oxygens (including phenoxy) is 1. The Bertz CT molecular complexity index is 980. The molecule has 8 heteroatoms. The van der Waals surface area contributed by atoms with Gasteiger partial charge in [0, 0.05) is 55.8 Å². The third-order valence-corrected chi connectivity index (χ3v) is 6.82. The van der Waals surface area contributed by atoms with Gasteiger partial charge in [-0.1, -0.05) is 12.1 Å². The van der Waals surface area contributed by atoms with Crippen LogP contribution in [0.2, 0.25) is 0 Å². The molecule has 1 saturated heterocycles. The Morgan fingerprint density at radius 3 is 2.93 bits per heavy atom. The summed E-state index contributed by atoms with van der Waals surface area (Å²) in [5.74, 6) is 0.869. The predicted octanol–water partition coefficient (Wildman–Crippen LogP) is 2.55. The highest BCUT2D eigenvalue weighted by Gasteiger charge is 2.47. The Hall–Kier alpha value is -2.55. The van der Waals surface area contributed by atoms with Crippen LogP contribution in [0.3, 0.4) is 0 Å². The van der Waals surface area contributed by atoms with Gasteiger partial charge in [-0.05, 0) is 35.9 Å². The topological polar surface area (TPSA) is 72.3 Å². The molecule has 0 saturated carbocycles. The average Bonchev–Trinajstić information content (AvgIpc) is 3.47. The number of likely N-dealkylation sites (tertiary alicyclic amines) is 1. The molecule has 1 unspecified atom stereocenters. The third-order valence-electron chi connectivity index (χ3n) is 5.96. The van der Waals surface area contributed by atoms with Crippen LogP contribution in [0.5, 0.6) is 0 Å². The third kappa shape index (κ3) is 3.90. The second kappa shape index (κ2) is 8.29. The highest BCUT2D eigenvalue weighted by atomic mass is 32.1. The molecule has 0 aromatic carbocycles. The first-order valence-electron chi connectivity index (χ1n) is 10.3. The molecule has 2 aliphatic rings. The summed E-state index contributed by atoms with van der Waals surface area (Å²) in [5, 5.41) is 5.13. The number of carbonyl (C=O) groups is 1. The van der Waals surface area contributed by atoms with E-state index in [1.54, 1.807) is 23.7 Å². The van der Waals surface area contributed by atoms with E-state index in [1.807, 2.05) is 24.5 Å². The fraction of sp³-hybridized carbons (Fsp3) is 0.409. The van der Waals surface area contributed by atoms with Crippen molar-refractivity contribution >= 4 is 17.2 Å². The van der Waals surface area contributed by atoms with Crippen LogP contribution in [-0.2, 0) is 34.8 Å². The van der Waals surface area contributed by atoms with Gasteiger partial charge in [0.05, 0.1) is 6.54 Å². The molecule has 1 N–H and O–H groups in total. The van der Waals surface area contributed by atoms with Gasteiger partial charge in [-0.3, -0.25) is 14.7 Å². The largest absolute Gasteiger partial charge is 0.352 e. The summed E-state index contributed by atoms with van der Waals surface area (Å²) in [4.78, 5) is 25.4. The summed E-state index contributed by atoms with van der Waals surface area (Å²) in [5.41, 5.74) is 0.478. The molecule has 7 nitrogen and oxygen atoms in total. The van der Waals surface area contributed by atoms with E-state index in [9.17, 15) is 4.79 Å². The first-order chi connectivity index (χ1) is 14.7. The molecule has 1 atom stereocenters. The normalized spacial score (nSPS) is 20.7. The van der Waals surface area contributed by atoms with Crippen molar-refractivity contribution in [3.8, 4) is 0 Å². The molecule has 1 amide bonds. The lowest BCUT2D eigenvalue weighted by molar-refractivity contribution is -0.174. The number of amides is 1. The number of nitrogens with zero attached hydrogens (tertiary/aromatic N) is 4. The van der Waals surface area contributed by atoms with Crippen LogP contribution in [0.15, 0.2) is 54.4 Å². The number of imidazole rings is 1. The number of aromatic nitrogens is 3. The number of nitrogens with one attached hydrogen (secondary N) is 1. The SMILES string of the molecule is O=C(NCc1cccnc1)C1Cn2ccnc2C2(CCN(Cc3cccs3)CC2)O1. The Balaban J connectivity index is 1.27. The van der Waals surface area contributed by atoms with Crippen molar-refractivity contribution in [3.05, 3.63) is 70.7 Å². The molecular formula is C22H25N5O2S. The van der Waals surface area contributed by atoms with Gasteiger partial charge in [-0.15, -0.1) is 11.3 Å². The molecule has 5 heterocycles. The highest BCUT2D eigenvalue weighted by molar-refractivity contribution is 7.09. The van der Waals surface area contributed by atoms with E-state index in [0.29, 0.717) is 13.1 Å². The van der Waals surface area contributed by atoms with Crippen LogP contribution in [0, 0.1) is 0 Å². The lowest BCUT2D eigenvalue weighted by atomic mass is 9.88. The van der Waals surface area contributed by atoms with Crippen LogP contribution in [-0.4, -0.2) is 44.5 Å². The maximum Gasteiger partial charge on any atom is 0.251 e. The highest BCUT2D eigenvalue weighted by Crippen LogP contribution is 2.40. The zero-order valence-corrected chi connectivity index (χ0v) is 17.6. The summed E-state index contributed by atoms with van der Waals surface area (Å²) >= 11 is 1.79. The Kier molecular flexibility index (Phi) is 5.37. The number of pyridine rings is 1. The smallest absolute Gasteiger partial charge is 0.251 e. The first-order valence-corrected chi connectivity index (χ1v) is 11.2. The number of piperidine rings is 1. The summed E-state index contributed by atoms with van der Waals surface area (Å²) in [6.45, 7) is 3.76. The number of hydrogen-bond acceptors (Lipinski definition) is 6. The fourth-order valence-corrected chi connectivity index (χ4v) is 5.12. The molecule has 5 rings (SSSR count). The average molecular weight is 424 g/mol. The van der Waals surface area contributed by atoms with Gasteiger partial charge < -0.3 is 14.6 Å². The zero-order chi connectivity index (χ0) is 20.4. The minimum absolute atomic E-state index is 0.0846. The minimum Gasteiger partial charge on any atom is -0.352 e. The standard InChI is InChI=1S/C22H25N5O2S/c28-20(25-14-17-3-1-7-23-13-17)19-16-27-11-8-24-21(27)22(29-19)5-9-26(10-6-22)15-18-4-2-12-30-18/h1-4,7-8,11-13,19H,5-6,9-10,14-16H2,(H,25,28). The maximum atomic E-state index is 12.9. The van der Waals surface area contributed by atoms with Crippen molar-refractivity contribution in [2.75, 3.05) is 13.1 Å². The van der Waals surface area contributed by atoms with Crippen LogP contribution >= 0.6 is 11.3 Å². The molecular weight excluding hydrogens is 398 g/mol. The van der Waals surface area contributed by atoms with Crippen LogP contribution < -0.4 is 5.32 Å². The van der Waals surface area contributed by atoms with Crippen LogP contribution in [0.1, 0.15) is 29.1 Å². The van der Waals surface area contributed by atoms with Crippen molar-refractivity contribution in [1.29, 1.82) is 0 Å². The van der Waals surface area contributed by atoms with Crippen molar-refractivity contribution in [2.24, 2.45) is 0 Å². The molecule has 3 aromatic rings. The summed E-state index contributed by atoms with van der Waals surface area (Å²) in [6, 6.07) is 8.10. The van der Waals surface area contributed by atoms with Crippen molar-refractivity contribution in [3.63, 3.8) is 0 Å². The number of carbonyl (C=O) groups excluding carboxylic acids is 1. The van der Waals surface area contributed by atoms with E-state index in [2.05, 4.69) is 42.3 Å². The van der Waals surface area contributed by atoms with Gasteiger partial charge >= 0.3 is 0 Å². The van der Waals surface area contributed by atoms with E-state index in [0.717, 1.165) is 43.9 Å². The molecule has 1 fully saturated rings. The second-order valence-electron chi connectivity index (χ2n) is 7.94. The maximum absolute atomic E-state index is 12.9. The summed E-state index contributed by atoms with van der Waals surface area (Å²) in [7, 11) is 0. The van der Waals surface area contributed by atoms with Crippen LogP contribution in [0.25, 0.3) is 0 Å². The summed E-state index contributed by atoms with van der Waals surface area (Å²) < 4.78 is 8.59. The van der Waals surface area contributed by atoms with Gasteiger partial charge in [-0.25, -0.2) is 4.98 Å². The molecule has 30 heavy (non-hydrogen) atoms. The van der Waals surface area contributed by atoms with Crippen molar-refractivity contribution < 1.29 is 9.53 Å². The Morgan fingerprint density at radius 2 is 2.17 bits per heavy atom. The molecule has 156 valence electrons. The van der Waals surface area contributed by atoms with E-state index in [1.165, 1.54) is 4.88 Å².